The van der Waals surface area contributed by atoms with Crippen LogP contribution in [0.4, 0.5) is 0 Å². The molecule has 3 nitrogen and oxygen atoms in total. The van der Waals surface area contributed by atoms with Crippen molar-refractivity contribution in [2.75, 3.05) is 0 Å². The lowest BCUT2D eigenvalue weighted by Crippen LogP contribution is -2.50. The first kappa shape index (κ1) is 13.1. The van der Waals surface area contributed by atoms with E-state index in [2.05, 4.69) is 18.3 Å². The first-order valence-electron chi connectivity index (χ1n) is 6.37. The lowest BCUT2D eigenvalue weighted by atomic mass is 9.78. The minimum atomic E-state index is -0.625. The quantitative estimate of drug-likeness (QED) is 0.910. The van der Waals surface area contributed by atoms with Crippen LogP contribution in [-0.4, -0.2) is 11.4 Å². The largest absolute Gasteiger partial charge is 0.338 e. The van der Waals surface area contributed by atoms with Crippen LogP contribution >= 0.6 is 11.3 Å². The summed E-state index contributed by atoms with van der Waals surface area (Å²) in [5, 5.41) is 16.2. The third kappa shape index (κ3) is 3.11. The van der Waals surface area contributed by atoms with E-state index in [0.29, 0.717) is 12.3 Å². The molecule has 1 heterocycles. The van der Waals surface area contributed by atoms with Gasteiger partial charge in [0, 0.05) is 0 Å². The van der Waals surface area contributed by atoms with E-state index in [1.165, 1.54) is 0 Å². The third-order valence-corrected chi connectivity index (χ3v) is 4.40. The third-order valence-electron chi connectivity index (χ3n) is 3.67. The van der Waals surface area contributed by atoms with Crippen LogP contribution in [-0.2, 0) is 11.2 Å². The summed E-state index contributed by atoms with van der Waals surface area (Å²) < 4.78 is 0. The summed E-state index contributed by atoms with van der Waals surface area (Å²) in [6, 6.07) is 4.27. The molecule has 1 aliphatic carbocycles. The highest BCUT2D eigenvalue weighted by atomic mass is 32.1. The normalized spacial score (nSPS) is 27.4. The lowest BCUT2D eigenvalue weighted by Gasteiger charge is -2.34. The van der Waals surface area contributed by atoms with Crippen LogP contribution in [0.5, 0.6) is 0 Å². The van der Waals surface area contributed by atoms with Gasteiger partial charge in [0.05, 0.1) is 12.5 Å². The highest BCUT2D eigenvalue weighted by Crippen LogP contribution is 2.31. The van der Waals surface area contributed by atoms with Gasteiger partial charge in [-0.2, -0.15) is 16.6 Å². The Kier molecular flexibility index (Phi) is 4.03. The molecule has 1 N–H and O–H groups in total. The van der Waals surface area contributed by atoms with E-state index in [1.807, 2.05) is 16.8 Å². The number of carbonyl (C=O) groups excluding carboxylic acids is 1. The van der Waals surface area contributed by atoms with Gasteiger partial charge in [-0.15, -0.1) is 0 Å². The summed E-state index contributed by atoms with van der Waals surface area (Å²) in [5.41, 5.74) is 0.398. The fourth-order valence-electron chi connectivity index (χ4n) is 2.41. The van der Waals surface area contributed by atoms with E-state index < -0.39 is 5.54 Å². The molecule has 0 spiro atoms. The van der Waals surface area contributed by atoms with Gasteiger partial charge in [-0.1, -0.05) is 6.92 Å². The molecule has 1 saturated carbocycles. The number of rotatable bonds is 3. The number of thiophene rings is 1. The van der Waals surface area contributed by atoms with Crippen molar-refractivity contribution in [2.45, 2.75) is 44.6 Å². The molecule has 1 aromatic heterocycles. The molecule has 1 aromatic rings. The van der Waals surface area contributed by atoms with Crippen molar-refractivity contribution in [3.63, 3.8) is 0 Å². The van der Waals surface area contributed by atoms with Gasteiger partial charge in [0.15, 0.2) is 0 Å². The molecular weight excluding hydrogens is 244 g/mol. The van der Waals surface area contributed by atoms with Crippen molar-refractivity contribution in [3.8, 4) is 6.07 Å². The number of hydrogen-bond donors (Lipinski definition) is 1. The van der Waals surface area contributed by atoms with Gasteiger partial charge in [-0.3, -0.25) is 4.79 Å². The average Bonchev–Trinajstić information content (AvgIpc) is 2.85. The van der Waals surface area contributed by atoms with E-state index >= 15 is 0 Å². The summed E-state index contributed by atoms with van der Waals surface area (Å²) >= 11 is 1.59. The Labute approximate surface area is 112 Å². The number of carbonyl (C=O) groups is 1. The van der Waals surface area contributed by atoms with Gasteiger partial charge < -0.3 is 5.32 Å². The van der Waals surface area contributed by atoms with E-state index in [1.54, 1.807) is 11.3 Å². The zero-order valence-corrected chi connectivity index (χ0v) is 11.4. The topological polar surface area (TPSA) is 52.9 Å². The maximum Gasteiger partial charge on any atom is 0.225 e. The van der Waals surface area contributed by atoms with Gasteiger partial charge in [-0.25, -0.2) is 0 Å². The molecular formula is C14H18N2OS. The number of nitrogens with one attached hydrogen (secondary N) is 1. The smallest absolute Gasteiger partial charge is 0.225 e. The fourth-order valence-corrected chi connectivity index (χ4v) is 3.08. The Hall–Kier alpha value is -1.34. The lowest BCUT2D eigenvalue weighted by molar-refractivity contribution is -0.122. The standard InChI is InChI=1S/C14H18N2OS/c1-11-2-5-14(10-15,6-3-11)16-13(17)8-12-4-7-18-9-12/h4,7,9,11H,2-3,5-6,8H2,1H3,(H,16,17). The summed E-state index contributed by atoms with van der Waals surface area (Å²) in [5.74, 6) is 0.629. The molecule has 0 radical (unpaired) electrons. The molecule has 96 valence electrons. The van der Waals surface area contributed by atoms with Gasteiger partial charge in [-0.05, 0) is 54.0 Å². The van der Waals surface area contributed by atoms with Crippen LogP contribution in [0.25, 0.3) is 0 Å². The number of hydrogen-bond acceptors (Lipinski definition) is 3. The molecule has 0 aliphatic heterocycles. The van der Waals surface area contributed by atoms with Crippen molar-refractivity contribution in [3.05, 3.63) is 22.4 Å². The highest BCUT2D eigenvalue weighted by molar-refractivity contribution is 7.07. The summed E-state index contributed by atoms with van der Waals surface area (Å²) in [6.07, 6.45) is 3.97. The van der Waals surface area contributed by atoms with E-state index in [-0.39, 0.29) is 5.91 Å². The summed E-state index contributed by atoms with van der Waals surface area (Å²) in [6.45, 7) is 2.20. The number of nitriles is 1. The predicted octanol–water partition coefficient (Wildman–Crippen LogP) is 2.88. The molecule has 1 fully saturated rings. The second kappa shape index (κ2) is 5.53. The van der Waals surface area contributed by atoms with Gasteiger partial charge in [0.25, 0.3) is 0 Å². The Balaban J connectivity index is 1.94. The molecule has 0 aromatic carbocycles. The summed E-state index contributed by atoms with van der Waals surface area (Å²) in [7, 11) is 0. The van der Waals surface area contributed by atoms with Crippen LogP contribution in [0.15, 0.2) is 16.8 Å². The molecule has 0 saturated heterocycles. The highest BCUT2D eigenvalue weighted by Gasteiger charge is 2.35. The average molecular weight is 262 g/mol. The summed E-state index contributed by atoms with van der Waals surface area (Å²) in [4.78, 5) is 12.0. The Bertz CT molecular complexity index is 439. The Morgan fingerprint density at radius 2 is 2.33 bits per heavy atom. The van der Waals surface area contributed by atoms with Crippen LogP contribution < -0.4 is 5.32 Å². The zero-order chi connectivity index (χ0) is 13.0. The molecule has 2 rings (SSSR count). The van der Waals surface area contributed by atoms with E-state index in [0.717, 1.165) is 31.2 Å². The Morgan fingerprint density at radius 1 is 1.61 bits per heavy atom. The second-order valence-electron chi connectivity index (χ2n) is 5.23. The minimum absolute atomic E-state index is 0.0375. The SMILES string of the molecule is CC1CCC(C#N)(NC(=O)Cc2ccsc2)CC1. The molecule has 1 aliphatic rings. The number of amides is 1. The van der Waals surface area contributed by atoms with Gasteiger partial charge in [0.1, 0.15) is 5.54 Å². The number of nitrogens with zero attached hydrogens (tertiary/aromatic N) is 1. The van der Waals surface area contributed by atoms with Crippen molar-refractivity contribution in [1.29, 1.82) is 5.26 Å². The minimum Gasteiger partial charge on any atom is -0.338 e. The maximum atomic E-state index is 12.0. The second-order valence-corrected chi connectivity index (χ2v) is 6.01. The monoisotopic (exact) mass is 262 g/mol. The molecule has 4 heteroatoms. The Morgan fingerprint density at radius 3 is 2.89 bits per heavy atom. The van der Waals surface area contributed by atoms with Gasteiger partial charge in [0.2, 0.25) is 5.91 Å². The first-order valence-corrected chi connectivity index (χ1v) is 7.31. The molecule has 0 bridgehead atoms. The molecule has 0 unspecified atom stereocenters. The maximum absolute atomic E-state index is 12.0. The molecule has 0 atom stereocenters. The van der Waals surface area contributed by atoms with Gasteiger partial charge >= 0.3 is 0 Å². The van der Waals surface area contributed by atoms with Crippen molar-refractivity contribution >= 4 is 17.2 Å². The van der Waals surface area contributed by atoms with Crippen molar-refractivity contribution in [1.82, 2.24) is 5.32 Å². The van der Waals surface area contributed by atoms with Crippen molar-refractivity contribution in [2.24, 2.45) is 5.92 Å². The van der Waals surface area contributed by atoms with Crippen LogP contribution in [0.1, 0.15) is 38.2 Å². The zero-order valence-electron chi connectivity index (χ0n) is 10.6. The molecule has 18 heavy (non-hydrogen) atoms. The van der Waals surface area contributed by atoms with Crippen LogP contribution in [0.3, 0.4) is 0 Å². The molecule has 1 amide bonds. The predicted molar refractivity (Wildman–Crippen MR) is 72.1 cm³/mol. The first-order chi connectivity index (χ1) is 8.63. The van der Waals surface area contributed by atoms with Crippen LogP contribution in [0.2, 0.25) is 0 Å². The van der Waals surface area contributed by atoms with Crippen molar-refractivity contribution < 1.29 is 4.79 Å². The van der Waals surface area contributed by atoms with E-state index in [4.69, 9.17) is 0 Å². The van der Waals surface area contributed by atoms with Crippen LogP contribution in [0, 0.1) is 17.2 Å². The van der Waals surface area contributed by atoms with E-state index in [9.17, 15) is 10.1 Å². The fraction of sp³-hybridized carbons (Fsp3) is 0.571.